The van der Waals surface area contributed by atoms with Gasteiger partial charge in [0.05, 0.1) is 5.41 Å². The molecule has 0 aromatic heterocycles. The minimum absolute atomic E-state index is 0.121. The van der Waals surface area contributed by atoms with E-state index in [0.717, 1.165) is 24.8 Å². The summed E-state index contributed by atoms with van der Waals surface area (Å²) in [5.74, 6) is 0.522. The van der Waals surface area contributed by atoms with Crippen LogP contribution in [0, 0.1) is 0 Å². The smallest absolute Gasteiger partial charge is 0.159 e. The summed E-state index contributed by atoms with van der Waals surface area (Å²) in [5, 5.41) is 0. The summed E-state index contributed by atoms with van der Waals surface area (Å²) in [5.41, 5.74) is 3.09. The monoisotopic (exact) mass is 404 g/mol. The molecule has 1 fully saturated rings. The number of hydrogen-bond donors (Lipinski definition) is 0. The topological polar surface area (TPSA) is 34.1 Å². The van der Waals surface area contributed by atoms with Gasteiger partial charge in [-0.05, 0) is 31.7 Å². The normalized spacial score (nSPS) is 14.5. The molecule has 0 amide bonds. The van der Waals surface area contributed by atoms with E-state index in [4.69, 9.17) is 0 Å². The van der Waals surface area contributed by atoms with E-state index in [-0.39, 0.29) is 11.2 Å². The molecule has 0 saturated heterocycles. The van der Waals surface area contributed by atoms with E-state index < -0.39 is 0 Å². The van der Waals surface area contributed by atoms with Crippen LogP contribution in [0.4, 0.5) is 0 Å². The molecule has 30 heavy (non-hydrogen) atoms. The zero-order valence-electron chi connectivity index (χ0n) is 19.2. The fraction of sp³-hybridized carbons (Fsp3) is 0.357. The van der Waals surface area contributed by atoms with Crippen LogP contribution in [0.1, 0.15) is 76.2 Å². The standard InChI is InChI=1S/C16H16O.C8H8O.2C2H6/c17-15(12-13-6-4-5-7-13)16(10-11-16)14-8-2-1-3-9-14;1-7(9)8-5-3-2-4-6-8;2*1-2/h1-6,8-9H,7,10-12H2;2-6H,1H3;2*1-2H3. The van der Waals surface area contributed by atoms with Gasteiger partial charge in [-0.2, -0.15) is 0 Å². The van der Waals surface area contributed by atoms with E-state index in [9.17, 15) is 9.59 Å². The molecule has 4 rings (SSSR count). The van der Waals surface area contributed by atoms with Gasteiger partial charge in [0.2, 0.25) is 0 Å². The molecule has 0 unspecified atom stereocenters. The van der Waals surface area contributed by atoms with E-state index >= 15 is 0 Å². The van der Waals surface area contributed by atoms with Crippen molar-refractivity contribution >= 4 is 11.6 Å². The molecule has 0 spiro atoms. The molecule has 2 aliphatic carbocycles. The lowest BCUT2D eigenvalue weighted by Crippen LogP contribution is -2.20. The lowest BCUT2D eigenvalue weighted by atomic mass is 9.88. The third kappa shape index (κ3) is 7.26. The number of allylic oxidation sites excluding steroid dienone is 4. The summed E-state index contributed by atoms with van der Waals surface area (Å²) < 4.78 is 0. The second-order valence-electron chi connectivity index (χ2n) is 6.93. The fourth-order valence-electron chi connectivity index (χ4n) is 3.28. The van der Waals surface area contributed by atoms with Gasteiger partial charge in [0.25, 0.3) is 0 Å². The summed E-state index contributed by atoms with van der Waals surface area (Å²) in [4.78, 5) is 23.1. The maximum absolute atomic E-state index is 12.4. The number of rotatable bonds is 5. The zero-order chi connectivity index (χ0) is 22.4. The van der Waals surface area contributed by atoms with Crippen LogP contribution < -0.4 is 0 Å². The third-order valence-electron chi connectivity index (χ3n) is 5.03. The van der Waals surface area contributed by atoms with Gasteiger partial charge in [-0.25, -0.2) is 0 Å². The molecule has 2 aromatic carbocycles. The number of carbonyl (C=O) groups is 2. The van der Waals surface area contributed by atoms with E-state index in [1.165, 1.54) is 11.1 Å². The Labute approximate surface area is 182 Å². The predicted molar refractivity (Wildman–Crippen MR) is 128 cm³/mol. The lowest BCUT2D eigenvalue weighted by molar-refractivity contribution is -0.120. The molecule has 0 bridgehead atoms. The van der Waals surface area contributed by atoms with Crippen LogP contribution in [0.25, 0.3) is 0 Å². The highest BCUT2D eigenvalue weighted by molar-refractivity contribution is 5.95. The Morgan fingerprint density at radius 3 is 1.77 bits per heavy atom. The number of hydrogen-bond acceptors (Lipinski definition) is 2. The summed E-state index contributed by atoms with van der Waals surface area (Å²) in [7, 11) is 0. The van der Waals surface area contributed by atoms with Crippen molar-refractivity contribution in [2.75, 3.05) is 0 Å². The Balaban J connectivity index is 0.000000294. The van der Waals surface area contributed by atoms with Gasteiger partial charge in [0.15, 0.2) is 5.78 Å². The molecule has 2 aliphatic rings. The summed E-state index contributed by atoms with van der Waals surface area (Å²) in [6.07, 6.45) is 9.87. The van der Waals surface area contributed by atoms with Gasteiger partial charge < -0.3 is 0 Å². The highest BCUT2D eigenvalue weighted by Gasteiger charge is 2.50. The Kier molecular flexibility index (Phi) is 11.4. The van der Waals surface area contributed by atoms with Gasteiger partial charge >= 0.3 is 0 Å². The Hall–Kier alpha value is -2.74. The highest BCUT2D eigenvalue weighted by atomic mass is 16.1. The van der Waals surface area contributed by atoms with Crippen LogP contribution >= 0.6 is 0 Å². The van der Waals surface area contributed by atoms with Crippen molar-refractivity contribution in [1.29, 1.82) is 0 Å². The second-order valence-corrected chi connectivity index (χ2v) is 6.93. The van der Waals surface area contributed by atoms with Crippen LogP contribution in [0.3, 0.4) is 0 Å². The minimum Gasteiger partial charge on any atom is -0.298 e. The summed E-state index contributed by atoms with van der Waals surface area (Å²) in [6, 6.07) is 19.5. The van der Waals surface area contributed by atoms with Crippen molar-refractivity contribution < 1.29 is 9.59 Å². The van der Waals surface area contributed by atoms with Crippen molar-refractivity contribution in [1.82, 2.24) is 0 Å². The summed E-state index contributed by atoms with van der Waals surface area (Å²) >= 11 is 0. The first-order chi connectivity index (χ1) is 14.6. The van der Waals surface area contributed by atoms with Gasteiger partial charge in [-0.1, -0.05) is 112 Å². The molecule has 0 heterocycles. The molecule has 1 saturated carbocycles. The first kappa shape index (κ1) is 25.3. The van der Waals surface area contributed by atoms with Crippen molar-refractivity contribution in [3.05, 3.63) is 95.6 Å². The van der Waals surface area contributed by atoms with Crippen LogP contribution in [-0.4, -0.2) is 11.6 Å². The van der Waals surface area contributed by atoms with Crippen molar-refractivity contribution in [2.24, 2.45) is 0 Å². The molecule has 2 nitrogen and oxygen atoms in total. The molecule has 160 valence electrons. The summed E-state index contributed by atoms with van der Waals surface area (Å²) in [6.45, 7) is 9.56. The molecule has 0 aliphatic heterocycles. The van der Waals surface area contributed by atoms with Gasteiger partial charge in [-0.3, -0.25) is 9.59 Å². The Morgan fingerprint density at radius 1 is 0.833 bits per heavy atom. The molecular formula is C28H36O2. The van der Waals surface area contributed by atoms with Crippen molar-refractivity contribution in [3.63, 3.8) is 0 Å². The average molecular weight is 405 g/mol. The van der Waals surface area contributed by atoms with Crippen LogP contribution in [-0.2, 0) is 10.2 Å². The SMILES string of the molecule is CC.CC.CC(=O)c1ccccc1.O=C(CC1=CC=CC1)C1(c2ccccc2)CC1. The Morgan fingerprint density at radius 2 is 1.37 bits per heavy atom. The van der Waals surface area contributed by atoms with Crippen LogP contribution in [0.2, 0.25) is 0 Å². The number of benzene rings is 2. The maximum Gasteiger partial charge on any atom is 0.159 e. The molecule has 0 N–H and O–H groups in total. The number of carbonyl (C=O) groups excluding carboxylic acids is 2. The van der Waals surface area contributed by atoms with E-state index in [1.807, 2.05) is 82.3 Å². The predicted octanol–water partition coefficient (Wildman–Crippen LogP) is 7.51. The van der Waals surface area contributed by atoms with E-state index in [2.05, 4.69) is 24.3 Å². The first-order valence-corrected chi connectivity index (χ1v) is 11.1. The van der Waals surface area contributed by atoms with Gasteiger partial charge in [0, 0.05) is 12.0 Å². The molecule has 2 heteroatoms. The average Bonchev–Trinajstić information content (AvgIpc) is 3.48. The third-order valence-corrected chi connectivity index (χ3v) is 5.03. The Bertz CT molecular complexity index is 825. The van der Waals surface area contributed by atoms with Crippen LogP contribution in [0.15, 0.2) is 84.5 Å². The van der Waals surface area contributed by atoms with Gasteiger partial charge in [-0.15, -0.1) is 0 Å². The minimum atomic E-state index is -0.148. The lowest BCUT2D eigenvalue weighted by Gasteiger charge is -2.14. The van der Waals surface area contributed by atoms with Crippen molar-refractivity contribution in [3.8, 4) is 0 Å². The molecule has 0 atom stereocenters. The molecule has 0 radical (unpaired) electrons. The molecular weight excluding hydrogens is 368 g/mol. The van der Waals surface area contributed by atoms with E-state index in [0.29, 0.717) is 12.2 Å². The number of Topliss-reactive ketones (excluding diaryl/α,β-unsaturated/α-hetero) is 2. The largest absolute Gasteiger partial charge is 0.298 e. The fourth-order valence-corrected chi connectivity index (χ4v) is 3.28. The van der Waals surface area contributed by atoms with Gasteiger partial charge in [0.1, 0.15) is 5.78 Å². The maximum atomic E-state index is 12.4. The second kappa shape index (κ2) is 13.5. The molecule has 2 aromatic rings. The quantitative estimate of drug-likeness (QED) is 0.483. The van der Waals surface area contributed by atoms with E-state index in [1.54, 1.807) is 6.92 Å². The highest BCUT2D eigenvalue weighted by Crippen LogP contribution is 2.50. The van der Waals surface area contributed by atoms with Crippen LogP contribution in [0.5, 0.6) is 0 Å². The number of ketones is 2. The van der Waals surface area contributed by atoms with Crippen molar-refractivity contribution in [2.45, 2.75) is 65.7 Å². The zero-order valence-corrected chi connectivity index (χ0v) is 19.2. The first-order valence-electron chi connectivity index (χ1n) is 11.1.